The zero-order chi connectivity index (χ0) is 21.1. The van der Waals surface area contributed by atoms with Gasteiger partial charge >= 0.3 is 0 Å². The third-order valence-electron chi connectivity index (χ3n) is 5.54. The van der Waals surface area contributed by atoms with Crippen molar-refractivity contribution in [2.45, 2.75) is 37.5 Å². The maximum atomic E-state index is 12.9. The lowest BCUT2D eigenvalue weighted by Crippen LogP contribution is -2.50. The topological polar surface area (TPSA) is 38.3 Å². The molecule has 0 aliphatic carbocycles. The second-order valence-electron chi connectivity index (χ2n) is 8.01. The number of hydrogen-bond donors (Lipinski definition) is 1. The molecule has 3 aromatic rings. The first-order chi connectivity index (χ1) is 14.4. The molecule has 0 aromatic heterocycles. The standard InChI is InChI=1S/C25H23Cl2NO2/c1-25(28-24(29)19-9-13-21(27)14-10-19)15-22(17-5-3-2-4-6-17)30-23(16-25)18-7-11-20(26)12-8-18/h2-14,22-23H,15-16H2,1H3,(H,28,29)/t22-,23+,25-/m1/s1. The van der Waals surface area contributed by atoms with Crippen LogP contribution < -0.4 is 5.32 Å². The highest BCUT2D eigenvalue weighted by molar-refractivity contribution is 6.30. The molecule has 0 bridgehead atoms. The van der Waals surface area contributed by atoms with E-state index in [1.165, 1.54) is 0 Å². The van der Waals surface area contributed by atoms with Crippen LogP contribution in [0.15, 0.2) is 78.9 Å². The summed E-state index contributed by atoms with van der Waals surface area (Å²) in [6, 6.07) is 24.8. The van der Waals surface area contributed by atoms with Crippen molar-refractivity contribution in [1.82, 2.24) is 5.32 Å². The van der Waals surface area contributed by atoms with Crippen molar-refractivity contribution >= 4 is 29.1 Å². The van der Waals surface area contributed by atoms with E-state index in [1.807, 2.05) is 42.5 Å². The molecule has 1 N–H and O–H groups in total. The second kappa shape index (κ2) is 8.81. The van der Waals surface area contributed by atoms with Crippen molar-refractivity contribution < 1.29 is 9.53 Å². The minimum absolute atomic E-state index is 0.113. The molecule has 3 aromatic carbocycles. The highest BCUT2D eigenvalue weighted by Gasteiger charge is 2.40. The lowest BCUT2D eigenvalue weighted by Gasteiger charge is -2.43. The summed E-state index contributed by atoms with van der Waals surface area (Å²) in [7, 11) is 0. The molecule has 0 spiro atoms. The molecule has 1 saturated heterocycles. The largest absolute Gasteiger partial charge is 0.365 e. The first-order valence-corrected chi connectivity index (χ1v) is 10.7. The van der Waals surface area contributed by atoms with Gasteiger partial charge < -0.3 is 10.1 Å². The summed E-state index contributed by atoms with van der Waals surface area (Å²) in [6.45, 7) is 2.09. The Hall–Kier alpha value is -2.33. The molecule has 30 heavy (non-hydrogen) atoms. The van der Waals surface area contributed by atoms with Crippen LogP contribution in [0.4, 0.5) is 0 Å². The van der Waals surface area contributed by atoms with E-state index in [-0.39, 0.29) is 18.1 Å². The summed E-state index contributed by atoms with van der Waals surface area (Å²) in [6.07, 6.45) is 1.06. The normalized spacial score (nSPS) is 23.7. The van der Waals surface area contributed by atoms with Gasteiger partial charge in [0, 0.05) is 34.0 Å². The molecule has 0 radical (unpaired) electrons. The molecule has 1 aliphatic rings. The fourth-order valence-electron chi connectivity index (χ4n) is 3.98. The van der Waals surface area contributed by atoms with E-state index < -0.39 is 5.54 Å². The van der Waals surface area contributed by atoms with Crippen LogP contribution in [0.1, 0.15) is 53.5 Å². The van der Waals surface area contributed by atoms with Crippen LogP contribution in [0, 0.1) is 0 Å². The van der Waals surface area contributed by atoms with E-state index in [0.29, 0.717) is 28.5 Å². The van der Waals surface area contributed by atoms with Crippen molar-refractivity contribution in [2.24, 2.45) is 0 Å². The molecule has 5 heteroatoms. The fraction of sp³-hybridized carbons (Fsp3) is 0.240. The third-order valence-corrected chi connectivity index (χ3v) is 6.04. The van der Waals surface area contributed by atoms with Gasteiger partial charge in [-0.1, -0.05) is 65.7 Å². The summed E-state index contributed by atoms with van der Waals surface area (Å²) >= 11 is 12.0. The zero-order valence-corrected chi connectivity index (χ0v) is 18.2. The molecule has 3 atom stereocenters. The van der Waals surface area contributed by atoms with Crippen LogP contribution in [0.25, 0.3) is 0 Å². The summed E-state index contributed by atoms with van der Waals surface area (Å²) in [4.78, 5) is 12.9. The van der Waals surface area contributed by atoms with E-state index in [1.54, 1.807) is 24.3 Å². The van der Waals surface area contributed by atoms with Gasteiger partial charge in [0.2, 0.25) is 0 Å². The van der Waals surface area contributed by atoms with Crippen molar-refractivity contribution in [3.63, 3.8) is 0 Å². The summed E-state index contributed by atoms with van der Waals surface area (Å²) < 4.78 is 6.49. The number of ether oxygens (including phenoxy) is 1. The minimum atomic E-state index is -0.445. The monoisotopic (exact) mass is 439 g/mol. The van der Waals surface area contributed by atoms with Crippen LogP contribution in [0.3, 0.4) is 0 Å². The number of carbonyl (C=O) groups excluding carboxylic acids is 1. The van der Waals surface area contributed by atoms with Gasteiger partial charge in [-0.3, -0.25) is 4.79 Å². The van der Waals surface area contributed by atoms with Gasteiger partial charge in [-0.05, 0) is 54.4 Å². The predicted octanol–water partition coefficient (Wildman–Crippen LogP) is 6.77. The van der Waals surface area contributed by atoms with Crippen molar-refractivity contribution in [3.8, 4) is 0 Å². The first kappa shape index (κ1) is 20.9. The molecule has 154 valence electrons. The molecule has 3 nitrogen and oxygen atoms in total. The maximum Gasteiger partial charge on any atom is 0.251 e. The third kappa shape index (κ3) is 4.86. The maximum absolute atomic E-state index is 12.9. The molecule has 0 unspecified atom stereocenters. The number of amides is 1. The minimum Gasteiger partial charge on any atom is -0.365 e. The molecule has 1 amide bonds. The lowest BCUT2D eigenvalue weighted by atomic mass is 9.81. The Balaban J connectivity index is 1.62. The van der Waals surface area contributed by atoms with Crippen LogP contribution in [-0.4, -0.2) is 11.4 Å². The molecule has 1 heterocycles. The van der Waals surface area contributed by atoms with Crippen LogP contribution in [0.2, 0.25) is 10.0 Å². The number of halogens is 2. The van der Waals surface area contributed by atoms with E-state index in [9.17, 15) is 4.79 Å². The number of rotatable bonds is 4. The second-order valence-corrected chi connectivity index (χ2v) is 8.88. The van der Waals surface area contributed by atoms with Crippen molar-refractivity contribution in [2.75, 3.05) is 0 Å². The predicted molar refractivity (Wildman–Crippen MR) is 121 cm³/mol. The fourth-order valence-corrected chi connectivity index (χ4v) is 4.24. The molecular formula is C25H23Cl2NO2. The van der Waals surface area contributed by atoms with Gasteiger partial charge in [-0.2, -0.15) is 0 Å². The van der Waals surface area contributed by atoms with Gasteiger partial charge in [0.1, 0.15) is 0 Å². The number of nitrogens with one attached hydrogen (secondary N) is 1. The molecular weight excluding hydrogens is 417 g/mol. The smallest absolute Gasteiger partial charge is 0.251 e. The average molecular weight is 440 g/mol. The number of carbonyl (C=O) groups is 1. The van der Waals surface area contributed by atoms with Gasteiger partial charge in [-0.25, -0.2) is 0 Å². The first-order valence-electron chi connectivity index (χ1n) is 9.96. The summed E-state index contributed by atoms with van der Waals surface area (Å²) in [5.41, 5.74) is 2.29. The molecule has 0 saturated carbocycles. The van der Waals surface area contributed by atoms with E-state index in [0.717, 1.165) is 11.1 Å². The van der Waals surface area contributed by atoms with E-state index in [2.05, 4.69) is 24.4 Å². The number of hydrogen-bond acceptors (Lipinski definition) is 2. The zero-order valence-electron chi connectivity index (χ0n) is 16.6. The Bertz CT molecular complexity index is 1010. The van der Waals surface area contributed by atoms with Gasteiger partial charge in [0.15, 0.2) is 0 Å². The summed E-state index contributed by atoms with van der Waals surface area (Å²) in [5.74, 6) is -0.113. The van der Waals surface area contributed by atoms with Crippen molar-refractivity contribution in [3.05, 3.63) is 106 Å². The number of benzene rings is 3. The Morgan fingerprint density at radius 2 is 1.33 bits per heavy atom. The van der Waals surface area contributed by atoms with E-state index >= 15 is 0 Å². The highest BCUT2D eigenvalue weighted by atomic mass is 35.5. The molecule has 1 fully saturated rings. The highest BCUT2D eigenvalue weighted by Crippen LogP contribution is 2.43. The summed E-state index contributed by atoms with van der Waals surface area (Å²) in [5, 5.41) is 4.55. The van der Waals surface area contributed by atoms with E-state index in [4.69, 9.17) is 27.9 Å². The average Bonchev–Trinajstić information content (AvgIpc) is 2.74. The molecule has 1 aliphatic heterocycles. The Morgan fingerprint density at radius 3 is 1.90 bits per heavy atom. The molecule has 4 rings (SSSR count). The van der Waals surface area contributed by atoms with Crippen molar-refractivity contribution in [1.29, 1.82) is 0 Å². The van der Waals surface area contributed by atoms with Gasteiger partial charge in [0.05, 0.1) is 12.2 Å². The van der Waals surface area contributed by atoms with Gasteiger partial charge in [0.25, 0.3) is 5.91 Å². The lowest BCUT2D eigenvalue weighted by molar-refractivity contribution is -0.0851. The van der Waals surface area contributed by atoms with Crippen LogP contribution in [-0.2, 0) is 4.74 Å². The Labute approximate surface area is 187 Å². The van der Waals surface area contributed by atoms with Crippen LogP contribution in [0.5, 0.6) is 0 Å². The quantitative estimate of drug-likeness (QED) is 0.486. The Morgan fingerprint density at radius 1 is 0.833 bits per heavy atom. The van der Waals surface area contributed by atoms with Gasteiger partial charge in [-0.15, -0.1) is 0 Å². The van der Waals surface area contributed by atoms with Crippen LogP contribution >= 0.6 is 23.2 Å². The SMILES string of the molecule is C[C@]1(NC(=O)c2ccc(Cl)cc2)C[C@@H](c2ccc(Cl)cc2)O[C@@H](c2ccccc2)C1. The Kier molecular flexibility index (Phi) is 6.14.